The third kappa shape index (κ3) is 4.41. The molecule has 3 aromatic rings. The lowest BCUT2D eigenvalue weighted by molar-refractivity contribution is 0.384. The van der Waals surface area contributed by atoms with Crippen LogP contribution in [0.25, 0.3) is 11.3 Å². The van der Waals surface area contributed by atoms with Crippen molar-refractivity contribution < 1.29 is 8.42 Å². The van der Waals surface area contributed by atoms with Crippen molar-refractivity contribution in [2.75, 3.05) is 31.1 Å². The number of nitrogens with zero attached hydrogens (tertiary/aromatic N) is 4. The summed E-state index contributed by atoms with van der Waals surface area (Å²) in [6, 6.07) is 15.7. The highest BCUT2D eigenvalue weighted by molar-refractivity contribution is 7.89. The van der Waals surface area contributed by atoms with Crippen LogP contribution in [0.4, 0.5) is 5.69 Å². The standard InChI is InChI=1S/C27H32N4O3S/c1-3-20-13-14-21(26-23-11-7-8-12-24(23)27(32)29(2)28-26)19-25(20)35(33,34)31-17-15-30(16-18-31)22-9-5-4-6-10-22/h4-6,9-10,13-14,19H,3,7-8,11-12,15-18H2,1-2H3. The molecule has 0 amide bonds. The Morgan fingerprint density at radius 3 is 2.29 bits per heavy atom. The van der Waals surface area contributed by atoms with Crippen molar-refractivity contribution in [3.63, 3.8) is 0 Å². The van der Waals surface area contributed by atoms with Gasteiger partial charge in [0, 0.05) is 50.0 Å². The molecule has 5 rings (SSSR count). The lowest BCUT2D eigenvalue weighted by Gasteiger charge is -2.35. The van der Waals surface area contributed by atoms with Crippen LogP contribution in [-0.2, 0) is 36.3 Å². The van der Waals surface area contributed by atoms with Crippen molar-refractivity contribution in [2.45, 2.75) is 43.9 Å². The second kappa shape index (κ2) is 9.59. The molecule has 184 valence electrons. The lowest BCUT2D eigenvalue weighted by Crippen LogP contribution is -2.48. The Kier molecular flexibility index (Phi) is 6.51. The van der Waals surface area contributed by atoms with Gasteiger partial charge in [0.25, 0.3) is 5.56 Å². The molecule has 1 saturated heterocycles. The number of hydrogen-bond donors (Lipinski definition) is 0. The summed E-state index contributed by atoms with van der Waals surface area (Å²) in [6.07, 6.45) is 4.18. The highest BCUT2D eigenvalue weighted by atomic mass is 32.2. The van der Waals surface area contributed by atoms with Crippen molar-refractivity contribution in [1.82, 2.24) is 14.1 Å². The van der Waals surface area contributed by atoms with Gasteiger partial charge in [-0.05, 0) is 61.4 Å². The van der Waals surface area contributed by atoms with E-state index in [1.54, 1.807) is 17.4 Å². The van der Waals surface area contributed by atoms with Crippen molar-refractivity contribution in [3.05, 3.63) is 75.6 Å². The van der Waals surface area contributed by atoms with Gasteiger partial charge in [0.1, 0.15) is 0 Å². The molecule has 8 heteroatoms. The number of anilines is 1. The fourth-order valence-electron chi connectivity index (χ4n) is 5.28. The van der Waals surface area contributed by atoms with Gasteiger partial charge >= 0.3 is 0 Å². The minimum absolute atomic E-state index is 0.0437. The summed E-state index contributed by atoms with van der Waals surface area (Å²) in [5.41, 5.74) is 5.17. The van der Waals surface area contributed by atoms with Crippen molar-refractivity contribution in [2.24, 2.45) is 7.05 Å². The molecule has 0 N–H and O–H groups in total. The van der Waals surface area contributed by atoms with Gasteiger partial charge in [-0.3, -0.25) is 4.79 Å². The molecule has 2 heterocycles. The Hall–Kier alpha value is -2.97. The molecule has 2 aliphatic rings. The quantitative estimate of drug-likeness (QED) is 0.546. The Balaban J connectivity index is 1.49. The first kappa shape index (κ1) is 23.8. The molecule has 35 heavy (non-hydrogen) atoms. The van der Waals surface area contributed by atoms with Gasteiger partial charge in [0.2, 0.25) is 10.0 Å². The van der Waals surface area contributed by atoms with Crippen molar-refractivity contribution in [1.29, 1.82) is 0 Å². The van der Waals surface area contributed by atoms with Crippen molar-refractivity contribution >= 4 is 15.7 Å². The normalized spacial score (nSPS) is 16.8. The summed E-state index contributed by atoms with van der Waals surface area (Å²) in [7, 11) is -2.00. The van der Waals surface area contributed by atoms with Gasteiger partial charge < -0.3 is 4.90 Å². The van der Waals surface area contributed by atoms with Crippen LogP contribution < -0.4 is 10.5 Å². The average Bonchev–Trinajstić information content (AvgIpc) is 2.91. The highest BCUT2D eigenvalue weighted by Crippen LogP contribution is 2.32. The summed E-state index contributed by atoms with van der Waals surface area (Å²) in [6.45, 7) is 4.17. The third-order valence-corrected chi connectivity index (χ3v) is 9.24. The lowest BCUT2D eigenvalue weighted by atomic mass is 9.89. The second-order valence-corrected chi connectivity index (χ2v) is 11.3. The molecular weight excluding hydrogens is 460 g/mol. The molecule has 0 saturated carbocycles. The number of para-hydroxylation sites is 1. The number of benzene rings is 2. The zero-order chi connectivity index (χ0) is 24.6. The van der Waals surface area contributed by atoms with E-state index in [0.717, 1.165) is 59.3 Å². The van der Waals surface area contributed by atoms with Crippen LogP contribution in [0.15, 0.2) is 58.2 Å². The smallest absolute Gasteiger partial charge is 0.269 e. The number of aromatic nitrogens is 2. The second-order valence-electron chi connectivity index (χ2n) is 9.34. The summed E-state index contributed by atoms with van der Waals surface area (Å²) < 4.78 is 30.7. The zero-order valence-electron chi connectivity index (χ0n) is 20.4. The largest absolute Gasteiger partial charge is 0.369 e. The summed E-state index contributed by atoms with van der Waals surface area (Å²) in [5, 5.41) is 4.58. The number of aryl methyl sites for hydroxylation is 2. The molecule has 0 unspecified atom stereocenters. The van der Waals surface area contributed by atoms with Crippen LogP contribution in [0.5, 0.6) is 0 Å². The molecule has 7 nitrogen and oxygen atoms in total. The molecule has 0 bridgehead atoms. The van der Waals surface area contributed by atoms with Crippen molar-refractivity contribution in [3.8, 4) is 11.3 Å². The highest BCUT2D eigenvalue weighted by Gasteiger charge is 2.31. The molecule has 1 fully saturated rings. The van der Waals surface area contributed by atoms with Crippen LogP contribution in [0.3, 0.4) is 0 Å². The maximum atomic E-state index is 13.8. The maximum absolute atomic E-state index is 13.8. The molecule has 0 radical (unpaired) electrons. The fraction of sp³-hybridized carbons (Fsp3) is 0.407. The molecule has 1 aromatic heterocycles. The van der Waals surface area contributed by atoms with E-state index in [-0.39, 0.29) is 5.56 Å². The fourth-order valence-corrected chi connectivity index (χ4v) is 7.03. The van der Waals surface area contributed by atoms with E-state index in [2.05, 4.69) is 22.1 Å². The SMILES string of the molecule is CCc1ccc(-c2nn(C)c(=O)c3c2CCCC3)cc1S(=O)(=O)N1CCN(c2ccccc2)CC1. The maximum Gasteiger partial charge on any atom is 0.269 e. The summed E-state index contributed by atoms with van der Waals surface area (Å²) in [5.74, 6) is 0. The number of rotatable bonds is 5. The Morgan fingerprint density at radius 1 is 0.914 bits per heavy atom. The zero-order valence-corrected chi connectivity index (χ0v) is 21.2. The van der Waals surface area contributed by atoms with Crippen LogP contribution >= 0.6 is 0 Å². The van der Waals surface area contributed by atoms with Gasteiger partial charge in [0.15, 0.2) is 0 Å². The first-order valence-electron chi connectivity index (χ1n) is 12.4. The van der Waals surface area contributed by atoms with Gasteiger partial charge in [-0.15, -0.1) is 0 Å². The molecular formula is C27H32N4O3S. The monoisotopic (exact) mass is 492 g/mol. The average molecular weight is 493 g/mol. The first-order chi connectivity index (χ1) is 16.9. The van der Waals surface area contributed by atoms with Gasteiger partial charge in [-0.2, -0.15) is 9.40 Å². The van der Waals surface area contributed by atoms with E-state index in [0.29, 0.717) is 37.5 Å². The molecule has 1 aliphatic heterocycles. The Morgan fingerprint density at radius 2 is 1.60 bits per heavy atom. The van der Waals surface area contributed by atoms with Crippen LogP contribution in [0, 0.1) is 0 Å². The molecule has 1 aliphatic carbocycles. The molecule has 2 aromatic carbocycles. The number of piperazine rings is 1. The van der Waals surface area contributed by atoms with E-state index in [1.807, 2.05) is 37.3 Å². The first-order valence-corrected chi connectivity index (χ1v) is 13.9. The van der Waals surface area contributed by atoms with E-state index >= 15 is 0 Å². The Labute approximate surface area is 207 Å². The minimum atomic E-state index is -3.67. The topological polar surface area (TPSA) is 75.5 Å². The number of sulfonamides is 1. The minimum Gasteiger partial charge on any atom is -0.369 e. The van der Waals surface area contributed by atoms with Crippen LogP contribution in [-0.4, -0.2) is 48.7 Å². The third-order valence-electron chi connectivity index (χ3n) is 7.26. The van der Waals surface area contributed by atoms with E-state index in [4.69, 9.17) is 0 Å². The molecule has 0 atom stereocenters. The Bertz CT molecular complexity index is 1390. The van der Waals surface area contributed by atoms with Crippen LogP contribution in [0.2, 0.25) is 0 Å². The summed E-state index contributed by atoms with van der Waals surface area (Å²) in [4.78, 5) is 15.2. The van der Waals surface area contributed by atoms with Crippen LogP contribution in [0.1, 0.15) is 36.5 Å². The van der Waals surface area contributed by atoms with E-state index in [1.165, 1.54) is 4.68 Å². The predicted octanol–water partition coefficient (Wildman–Crippen LogP) is 3.40. The van der Waals surface area contributed by atoms with Gasteiger partial charge in [0.05, 0.1) is 10.6 Å². The van der Waals surface area contributed by atoms with Gasteiger partial charge in [-0.25, -0.2) is 13.1 Å². The van der Waals surface area contributed by atoms with Gasteiger partial charge in [-0.1, -0.05) is 37.3 Å². The number of hydrogen-bond acceptors (Lipinski definition) is 5. The summed E-state index contributed by atoms with van der Waals surface area (Å²) >= 11 is 0. The van der Waals surface area contributed by atoms with E-state index < -0.39 is 10.0 Å². The predicted molar refractivity (Wildman–Crippen MR) is 138 cm³/mol. The molecule has 0 spiro atoms. The van der Waals surface area contributed by atoms with E-state index in [9.17, 15) is 13.2 Å². The number of fused-ring (bicyclic) bond motifs is 1.